The van der Waals surface area contributed by atoms with Gasteiger partial charge in [0.2, 0.25) is 4.77 Å². The van der Waals surface area contributed by atoms with E-state index in [1.165, 1.54) is 4.68 Å². The van der Waals surface area contributed by atoms with E-state index in [4.69, 9.17) is 21.7 Å². The highest BCUT2D eigenvalue weighted by atomic mass is 32.1. The summed E-state index contributed by atoms with van der Waals surface area (Å²) in [6.45, 7) is 0. The van der Waals surface area contributed by atoms with Gasteiger partial charge in [-0.2, -0.15) is 14.9 Å². The Hall–Kier alpha value is -3.00. The van der Waals surface area contributed by atoms with Crippen LogP contribution in [-0.2, 0) is 0 Å². The number of aromatic amines is 1. The number of nitrogens with one attached hydrogen (secondary N) is 1. The van der Waals surface area contributed by atoms with Gasteiger partial charge >= 0.3 is 0 Å². The summed E-state index contributed by atoms with van der Waals surface area (Å²) in [7, 11) is 3.20. The lowest BCUT2D eigenvalue weighted by atomic mass is 10.2. The predicted molar refractivity (Wildman–Crippen MR) is 93.2 cm³/mol. The molecule has 0 radical (unpaired) electrons. The first-order valence-corrected chi connectivity index (χ1v) is 7.48. The zero-order valence-electron chi connectivity index (χ0n) is 13.1. The number of rotatable bonds is 5. The van der Waals surface area contributed by atoms with E-state index in [2.05, 4.69) is 20.3 Å². The Morgan fingerprint density at radius 2 is 2.12 bits per heavy atom. The second-order valence-electron chi connectivity index (χ2n) is 4.76. The van der Waals surface area contributed by atoms with Crippen molar-refractivity contribution in [2.75, 3.05) is 14.2 Å². The van der Waals surface area contributed by atoms with E-state index in [0.717, 1.165) is 11.1 Å². The van der Waals surface area contributed by atoms with E-state index < -0.39 is 0 Å². The van der Waals surface area contributed by atoms with Crippen LogP contribution in [0.3, 0.4) is 0 Å². The lowest BCUT2D eigenvalue weighted by molar-refractivity contribution is 0.394. The Bertz CT molecular complexity index is 918. The second-order valence-corrected chi connectivity index (χ2v) is 5.15. The Morgan fingerprint density at radius 3 is 2.83 bits per heavy atom. The van der Waals surface area contributed by atoms with Crippen molar-refractivity contribution in [3.63, 3.8) is 0 Å². The molecule has 0 fully saturated rings. The second kappa shape index (κ2) is 7.05. The number of pyridine rings is 1. The molecule has 122 valence electrons. The largest absolute Gasteiger partial charge is 0.497 e. The predicted octanol–water partition coefficient (Wildman–Crippen LogP) is 2.90. The van der Waals surface area contributed by atoms with Crippen LogP contribution in [0.15, 0.2) is 47.8 Å². The minimum absolute atomic E-state index is 0.387. The molecular weight excluding hydrogens is 326 g/mol. The molecule has 0 aliphatic heterocycles. The van der Waals surface area contributed by atoms with Crippen LogP contribution in [0.5, 0.6) is 11.5 Å². The highest BCUT2D eigenvalue weighted by Crippen LogP contribution is 2.23. The van der Waals surface area contributed by atoms with Gasteiger partial charge in [-0.25, -0.2) is 5.10 Å². The van der Waals surface area contributed by atoms with Crippen molar-refractivity contribution in [1.29, 1.82) is 0 Å². The molecule has 0 saturated carbocycles. The average Bonchev–Trinajstić information content (AvgIpc) is 3.01. The maximum Gasteiger partial charge on any atom is 0.216 e. The number of ether oxygens (including phenoxy) is 2. The fourth-order valence-electron chi connectivity index (χ4n) is 2.13. The molecule has 0 bridgehead atoms. The number of nitrogens with zero attached hydrogens (tertiary/aromatic N) is 4. The van der Waals surface area contributed by atoms with Gasteiger partial charge in [0.25, 0.3) is 0 Å². The van der Waals surface area contributed by atoms with Crippen molar-refractivity contribution in [3.8, 4) is 22.9 Å². The van der Waals surface area contributed by atoms with E-state index in [0.29, 0.717) is 22.1 Å². The van der Waals surface area contributed by atoms with E-state index >= 15 is 0 Å². The van der Waals surface area contributed by atoms with Crippen LogP contribution in [0, 0.1) is 4.77 Å². The van der Waals surface area contributed by atoms with Crippen molar-refractivity contribution in [1.82, 2.24) is 19.9 Å². The normalized spacial score (nSPS) is 10.9. The lowest BCUT2D eigenvalue weighted by Crippen LogP contribution is -1.97. The summed E-state index contributed by atoms with van der Waals surface area (Å²) in [5.41, 5.74) is 1.60. The average molecular weight is 341 g/mol. The molecule has 0 aliphatic rings. The highest BCUT2D eigenvalue weighted by Gasteiger charge is 2.08. The van der Waals surface area contributed by atoms with Crippen molar-refractivity contribution >= 4 is 18.4 Å². The number of methoxy groups -OCH3 is 2. The first-order valence-electron chi connectivity index (χ1n) is 7.07. The smallest absolute Gasteiger partial charge is 0.216 e. The topological polar surface area (TPSA) is 77.3 Å². The molecular formula is C16H15N5O2S. The summed E-state index contributed by atoms with van der Waals surface area (Å²) in [5, 5.41) is 11.4. The maximum absolute atomic E-state index is 5.36. The summed E-state index contributed by atoms with van der Waals surface area (Å²) in [6, 6.07) is 9.19. The molecule has 8 heteroatoms. The minimum atomic E-state index is 0.387. The molecule has 3 aromatic rings. The molecule has 0 atom stereocenters. The molecule has 7 nitrogen and oxygen atoms in total. The molecule has 0 unspecified atom stereocenters. The number of hydrogen-bond acceptors (Lipinski definition) is 6. The minimum Gasteiger partial charge on any atom is -0.497 e. The van der Waals surface area contributed by atoms with Gasteiger partial charge in [-0.3, -0.25) is 4.98 Å². The monoisotopic (exact) mass is 341 g/mol. The summed E-state index contributed by atoms with van der Waals surface area (Å²) in [4.78, 5) is 4.09. The van der Waals surface area contributed by atoms with Gasteiger partial charge in [0.15, 0.2) is 5.82 Å². The summed E-state index contributed by atoms with van der Waals surface area (Å²) in [5.74, 6) is 1.94. The van der Waals surface area contributed by atoms with E-state index in [-0.39, 0.29) is 0 Å². The van der Waals surface area contributed by atoms with E-state index in [1.54, 1.807) is 38.9 Å². The summed E-state index contributed by atoms with van der Waals surface area (Å²) < 4.78 is 12.5. The third-order valence-corrected chi connectivity index (χ3v) is 3.59. The molecule has 2 aromatic heterocycles. The van der Waals surface area contributed by atoms with Crippen LogP contribution in [0.1, 0.15) is 5.56 Å². The number of aromatic nitrogens is 4. The Morgan fingerprint density at radius 1 is 1.25 bits per heavy atom. The van der Waals surface area contributed by atoms with Crippen molar-refractivity contribution in [3.05, 3.63) is 53.1 Å². The number of H-pyrrole nitrogens is 1. The third-order valence-electron chi connectivity index (χ3n) is 3.32. The van der Waals surface area contributed by atoms with Gasteiger partial charge in [0.05, 0.1) is 20.4 Å². The Kier molecular flexibility index (Phi) is 4.66. The molecule has 2 heterocycles. The van der Waals surface area contributed by atoms with Gasteiger partial charge in [-0.15, -0.1) is 0 Å². The molecule has 3 rings (SSSR count). The van der Waals surface area contributed by atoms with E-state index in [1.807, 2.05) is 24.3 Å². The van der Waals surface area contributed by atoms with Crippen LogP contribution in [0.2, 0.25) is 0 Å². The third kappa shape index (κ3) is 3.18. The fraction of sp³-hybridized carbons (Fsp3) is 0.125. The van der Waals surface area contributed by atoms with E-state index in [9.17, 15) is 0 Å². The van der Waals surface area contributed by atoms with Gasteiger partial charge in [0.1, 0.15) is 11.5 Å². The van der Waals surface area contributed by atoms with Crippen LogP contribution in [0.25, 0.3) is 11.4 Å². The quantitative estimate of drug-likeness (QED) is 0.570. The Balaban J connectivity index is 1.99. The molecule has 0 spiro atoms. The molecule has 0 saturated heterocycles. The van der Waals surface area contributed by atoms with Gasteiger partial charge in [0, 0.05) is 29.6 Å². The SMILES string of the molecule is COc1ccc(/C=N\n2c(-c3cccnc3)n[nH]c2=S)c(OC)c1. The summed E-state index contributed by atoms with van der Waals surface area (Å²) >= 11 is 5.25. The zero-order chi connectivity index (χ0) is 16.9. The van der Waals surface area contributed by atoms with Gasteiger partial charge in [-0.1, -0.05) is 0 Å². The first-order chi connectivity index (χ1) is 11.7. The van der Waals surface area contributed by atoms with Crippen LogP contribution in [-0.4, -0.2) is 40.3 Å². The first kappa shape index (κ1) is 15.9. The maximum atomic E-state index is 5.36. The Labute approximate surface area is 143 Å². The van der Waals surface area contributed by atoms with Crippen LogP contribution < -0.4 is 9.47 Å². The number of benzene rings is 1. The standard InChI is InChI=1S/C16H15N5O2S/c1-22-13-6-5-11(14(8-13)23-2)10-18-21-15(19-20-16(21)24)12-4-3-7-17-9-12/h3-10H,1-2H3,(H,20,24)/b18-10-. The lowest BCUT2D eigenvalue weighted by Gasteiger charge is -2.07. The van der Waals surface area contributed by atoms with Gasteiger partial charge < -0.3 is 9.47 Å². The summed E-state index contributed by atoms with van der Waals surface area (Å²) in [6.07, 6.45) is 5.05. The molecule has 24 heavy (non-hydrogen) atoms. The molecule has 1 N–H and O–H groups in total. The molecule has 0 aliphatic carbocycles. The highest BCUT2D eigenvalue weighted by molar-refractivity contribution is 7.71. The van der Waals surface area contributed by atoms with Crippen molar-refractivity contribution in [2.45, 2.75) is 0 Å². The number of hydrogen-bond donors (Lipinski definition) is 1. The van der Waals surface area contributed by atoms with Crippen molar-refractivity contribution in [2.24, 2.45) is 5.10 Å². The van der Waals surface area contributed by atoms with Crippen molar-refractivity contribution < 1.29 is 9.47 Å². The molecule has 1 aromatic carbocycles. The molecule has 0 amide bonds. The van der Waals surface area contributed by atoms with Crippen LogP contribution in [0.4, 0.5) is 0 Å². The fourth-order valence-corrected chi connectivity index (χ4v) is 2.30. The van der Waals surface area contributed by atoms with Gasteiger partial charge in [-0.05, 0) is 36.5 Å². The zero-order valence-corrected chi connectivity index (χ0v) is 13.9. The van der Waals surface area contributed by atoms with Crippen LogP contribution >= 0.6 is 12.2 Å².